The number of nitrogens with one attached hydrogen (secondary N) is 6. The van der Waals surface area contributed by atoms with Crippen LogP contribution in [0.4, 0.5) is 0 Å². The topological polar surface area (TPSA) is 289 Å². The van der Waals surface area contributed by atoms with Crippen molar-refractivity contribution in [3.63, 3.8) is 0 Å². The Kier molecular flexibility index (Phi) is 28.6. The number of aromatic nitrogens is 2. The number of carbonyl (C=O) groups excluding carboxylic acids is 5. The average molecular weight is 1300 g/mol. The van der Waals surface area contributed by atoms with Crippen LogP contribution in [-0.4, -0.2) is 148 Å². The molecule has 2 unspecified atom stereocenters. The summed E-state index contributed by atoms with van der Waals surface area (Å²) in [4.78, 5) is 85.0. The molecule has 4 amide bonds. The van der Waals surface area contributed by atoms with E-state index in [2.05, 4.69) is 30.9 Å². The molecule has 0 aliphatic carbocycles. The zero-order valence-corrected chi connectivity index (χ0v) is 57.8. The highest BCUT2D eigenvalue weighted by molar-refractivity contribution is 7.84. The zero-order chi connectivity index (χ0) is 67.7. The van der Waals surface area contributed by atoms with Crippen LogP contribution in [0.1, 0.15) is 171 Å². The lowest BCUT2D eigenvalue weighted by atomic mass is 10.0. The molecule has 0 bridgehead atoms. The number of ether oxygens (including phenoxy) is 3. The van der Waals surface area contributed by atoms with Crippen LogP contribution in [0.5, 0.6) is 0 Å². The van der Waals surface area contributed by atoms with Gasteiger partial charge < -0.3 is 30.0 Å². The number of amides is 4. The molecule has 4 aromatic rings. The number of hydrazine groups is 2. The number of benzene rings is 2. The minimum atomic E-state index is -1.21. The number of carboxylic acid groups (broad SMARTS) is 1. The van der Waals surface area contributed by atoms with E-state index in [1.807, 2.05) is 182 Å². The number of carboxylic acids is 1. The molecule has 2 fully saturated rings. The molecule has 7 N–H and O–H groups in total. The number of nitrogens with zero attached hydrogens (tertiary/aromatic N) is 4. The van der Waals surface area contributed by atoms with Crippen molar-refractivity contribution in [2.75, 3.05) is 33.4 Å². The maximum atomic E-state index is 13.2. The number of hydrogen-bond donors (Lipinski definition) is 7. The fourth-order valence-corrected chi connectivity index (χ4v) is 11.3. The molecule has 2 saturated heterocycles. The minimum Gasteiger partial charge on any atom is -0.480 e. The summed E-state index contributed by atoms with van der Waals surface area (Å²) < 4.78 is 47.5. The first-order chi connectivity index (χ1) is 42.7. The summed E-state index contributed by atoms with van der Waals surface area (Å²) in [5, 5.41) is 19.5. The second-order valence-corrected chi connectivity index (χ2v) is 30.4. The molecule has 0 saturated carbocycles. The van der Waals surface area contributed by atoms with E-state index in [4.69, 9.17) is 24.2 Å². The van der Waals surface area contributed by atoms with Gasteiger partial charge in [0.15, 0.2) is 0 Å². The normalized spacial score (nSPS) is 19.2. The average Bonchev–Trinajstić information content (AvgIpc) is 2.39. The van der Waals surface area contributed by atoms with Crippen LogP contribution in [0.2, 0.25) is 0 Å². The summed E-state index contributed by atoms with van der Waals surface area (Å²) >= 11 is 0. The highest BCUT2D eigenvalue weighted by Crippen LogP contribution is 2.24. The van der Waals surface area contributed by atoms with Crippen molar-refractivity contribution in [3.8, 4) is 0 Å². The van der Waals surface area contributed by atoms with Crippen LogP contribution in [0.25, 0.3) is 34.0 Å². The van der Waals surface area contributed by atoms with Crippen LogP contribution >= 0.6 is 0 Å². The Labute approximate surface area is 543 Å². The fraction of sp³-hybridized carbons (Fsp3) is 0.582. The second-order valence-electron chi connectivity index (χ2n) is 26.4. The van der Waals surface area contributed by atoms with E-state index in [1.54, 1.807) is 13.8 Å². The van der Waals surface area contributed by atoms with Crippen LogP contribution < -0.4 is 30.9 Å². The van der Waals surface area contributed by atoms with E-state index in [-0.39, 0.29) is 63.0 Å². The molecule has 91 heavy (non-hydrogen) atoms. The van der Waals surface area contributed by atoms with E-state index in [0.717, 1.165) is 44.3 Å². The van der Waals surface area contributed by atoms with E-state index < -0.39 is 76.2 Å². The van der Waals surface area contributed by atoms with Crippen molar-refractivity contribution in [3.05, 3.63) is 95.3 Å². The first kappa shape index (κ1) is 75.3. The lowest BCUT2D eigenvalue weighted by Crippen LogP contribution is -2.60. The molecule has 2 aromatic carbocycles. The van der Waals surface area contributed by atoms with Gasteiger partial charge in [-0.15, -0.1) is 0 Å². The molecular formula is C67H100N10O12S2. The fourth-order valence-electron chi connectivity index (χ4n) is 9.66. The molecule has 0 radical (unpaired) electrons. The molecule has 24 heteroatoms. The summed E-state index contributed by atoms with van der Waals surface area (Å²) in [5.41, 5.74) is 10.9. The third-order valence-electron chi connectivity index (χ3n) is 15.2. The Morgan fingerprint density at radius 3 is 1.34 bits per heavy atom. The Balaban J connectivity index is 0.000000331. The Hall–Kier alpha value is -6.38. The summed E-state index contributed by atoms with van der Waals surface area (Å²) in [5.74, 6) is -3.16. The van der Waals surface area contributed by atoms with E-state index in [9.17, 15) is 42.3 Å². The number of esters is 1. The number of methoxy groups -OCH3 is 1. The van der Waals surface area contributed by atoms with Crippen molar-refractivity contribution in [2.24, 2.45) is 23.7 Å². The minimum absolute atomic E-state index is 0.00445. The SMILES string of the molecule is CC(/C=C/c1ccc2ccc([C@@H](C)N[S@@](=O)C(C)(C)C)nc2c1)CO[C@H](C(=O)N[C@@H](C)C(=O)N1CCC[C@@H](C(=O)O)N1)C(C)C.COC(=O)[C@@H]1CCCN(C(=O)[C@H](C)NC(=O)[C@@H](OCC(C)/C=C/c2ccc3ccc([C@@H](C)N[S@@](=O)C(C)(C)C)nc3c2)C(C)C)N1. The number of rotatable bonds is 26. The molecule has 0 spiro atoms. The summed E-state index contributed by atoms with van der Waals surface area (Å²) in [6.07, 6.45) is 8.78. The quantitative estimate of drug-likeness (QED) is 0.0291. The predicted octanol–water partition coefficient (Wildman–Crippen LogP) is 8.33. The molecule has 2 aliphatic heterocycles. The highest BCUT2D eigenvalue weighted by atomic mass is 32.2. The van der Waals surface area contributed by atoms with Gasteiger partial charge in [0, 0.05) is 23.9 Å². The summed E-state index contributed by atoms with van der Waals surface area (Å²) in [7, 11) is -1.11. The van der Waals surface area contributed by atoms with Crippen molar-refractivity contribution in [2.45, 2.75) is 194 Å². The van der Waals surface area contributed by atoms with Gasteiger partial charge in [0.1, 0.15) is 36.4 Å². The molecule has 2 aliphatic rings. The maximum absolute atomic E-state index is 13.2. The van der Waals surface area contributed by atoms with Crippen molar-refractivity contribution < 1.29 is 56.5 Å². The van der Waals surface area contributed by atoms with Crippen molar-refractivity contribution in [1.82, 2.24) is 50.9 Å². The first-order valence-electron chi connectivity index (χ1n) is 31.5. The molecule has 4 heterocycles. The van der Waals surface area contributed by atoms with E-state index in [1.165, 1.54) is 17.1 Å². The standard InChI is InChI=1S/C34H51N5O6S.C33H49N5O6S/c1-21(2)30(31(40)35-24(5)32(41)39-18-10-11-28(37-39)33(42)44-9)45-20-22(3)12-13-25-14-15-26-16-17-27(36-29(26)19-25)23(4)38-46(43)34(6,7)8;1-20(2)29(30(39)34-23(5)31(40)38-17-9-10-27(36-38)32(41)42)44-19-21(3)11-12-24-13-14-25-15-16-26(35-28(25)18-24)22(4)37-45(43)33(6,7)8/h12-17,19,21-24,28,30,37-38H,10-11,18,20H2,1-9H3,(H,35,40);11-16,18,20-23,27,29,36-37H,9-10,17,19H2,1-8H3,(H,34,39)(H,41,42)/b13-12+;12-11+/t22?,23-,24+,28+,30+,46+;21?,22-,23+,27+,29+,45+/m11/s1. The monoisotopic (exact) mass is 1300 g/mol. The van der Waals surface area contributed by atoms with E-state index >= 15 is 0 Å². The number of fused-ring (bicyclic) bond motifs is 2. The van der Waals surface area contributed by atoms with Crippen molar-refractivity contribution in [1.29, 1.82) is 0 Å². The first-order valence-corrected chi connectivity index (χ1v) is 33.8. The van der Waals surface area contributed by atoms with Gasteiger partial charge in [-0.05, 0) is 154 Å². The van der Waals surface area contributed by atoms with Gasteiger partial charge in [0.05, 0.1) is 86.3 Å². The van der Waals surface area contributed by atoms with Gasteiger partial charge >= 0.3 is 11.9 Å². The summed E-state index contributed by atoms with van der Waals surface area (Å²) in [6.45, 7) is 31.7. The molecule has 12 atom stereocenters. The smallest absolute Gasteiger partial charge is 0.324 e. The number of hydrogen-bond acceptors (Lipinski definition) is 15. The maximum Gasteiger partial charge on any atom is 0.324 e. The lowest BCUT2D eigenvalue weighted by molar-refractivity contribution is -0.152. The second kappa shape index (κ2) is 34.5. The molecule has 2 aromatic heterocycles. The third kappa shape index (κ3) is 23.0. The molecule has 502 valence electrons. The van der Waals surface area contributed by atoms with Gasteiger partial charge in [-0.2, -0.15) is 0 Å². The summed E-state index contributed by atoms with van der Waals surface area (Å²) in [6, 6.07) is 16.6. The van der Waals surface area contributed by atoms with Crippen LogP contribution in [0.15, 0.2) is 72.8 Å². The Morgan fingerprint density at radius 1 is 0.604 bits per heavy atom. The highest BCUT2D eigenvalue weighted by Gasteiger charge is 2.35. The van der Waals surface area contributed by atoms with Crippen LogP contribution in [0.3, 0.4) is 0 Å². The van der Waals surface area contributed by atoms with Crippen LogP contribution in [0, 0.1) is 23.7 Å². The van der Waals surface area contributed by atoms with Gasteiger partial charge in [-0.25, -0.2) is 28.7 Å². The predicted molar refractivity (Wildman–Crippen MR) is 359 cm³/mol. The zero-order valence-electron chi connectivity index (χ0n) is 56.2. The largest absolute Gasteiger partial charge is 0.480 e. The number of aliphatic carboxylic acids is 1. The van der Waals surface area contributed by atoms with Gasteiger partial charge in [-0.3, -0.25) is 48.8 Å². The van der Waals surface area contributed by atoms with E-state index in [0.29, 0.717) is 52.0 Å². The Morgan fingerprint density at radius 2 is 0.978 bits per heavy atom. The molecule has 22 nitrogen and oxygen atoms in total. The Bertz CT molecular complexity index is 3260. The number of pyridine rings is 2. The third-order valence-corrected chi connectivity index (χ3v) is 18.6. The molecule has 6 rings (SSSR count). The van der Waals surface area contributed by atoms with Gasteiger partial charge in [0.2, 0.25) is 11.8 Å². The molecular weight excluding hydrogens is 1200 g/mol. The number of carbonyl (C=O) groups is 6. The van der Waals surface area contributed by atoms with Crippen LogP contribution in [-0.2, 0) is 64.9 Å². The van der Waals surface area contributed by atoms with Crippen molar-refractivity contribution >= 4 is 91.5 Å². The van der Waals surface area contributed by atoms with Gasteiger partial charge in [0.25, 0.3) is 11.8 Å². The lowest BCUT2D eigenvalue weighted by Gasteiger charge is -2.34. The van der Waals surface area contributed by atoms with Gasteiger partial charge in [-0.1, -0.05) is 102 Å².